The summed E-state index contributed by atoms with van der Waals surface area (Å²) in [6, 6.07) is 9.91. The van der Waals surface area contributed by atoms with Crippen LogP contribution in [0.4, 0.5) is 11.4 Å². The number of rotatable bonds is 5. The van der Waals surface area contributed by atoms with Gasteiger partial charge in [-0.1, -0.05) is 18.2 Å². The van der Waals surface area contributed by atoms with Gasteiger partial charge >= 0.3 is 0 Å². The standard InChI is InChI=1S/C14H18N4O/c1-11(2)18-10-13(8-16-18)17-14(19)9-15-12-6-4-3-5-7-12/h3-8,10-11,15H,9H2,1-2H3,(H,17,19). The summed E-state index contributed by atoms with van der Waals surface area (Å²) in [5.74, 6) is -0.0906. The fraction of sp³-hybridized carbons (Fsp3) is 0.286. The van der Waals surface area contributed by atoms with Gasteiger partial charge in [0.1, 0.15) is 0 Å². The molecular weight excluding hydrogens is 240 g/mol. The lowest BCUT2D eigenvalue weighted by atomic mass is 10.3. The fourth-order valence-electron chi connectivity index (χ4n) is 1.63. The lowest BCUT2D eigenvalue weighted by molar-refractivity contribution is -0.114. The van der Waals surface area contributed by atoms with E-state index in [0.717, 1.165) is 5.69 Å². The van der Waals surface area contributed by atoms with Crippen LogP contribution >= 0.6 is 0 Å². The third-order valence-corrected chi connectivity index (χ3v) is 2.64. The quantitative estimate of drug-likeness (QED) is 0.866. The first-order valence-corrected chi connectivity index (χ1v) is 6.28. The van der Waals surface area contributed by atoms with Crippen molar-refractivity contribution in [3.63, 3.8) is 0 Å². The monoisotopic (exact) mass is 258 g/mol. The third-order valence-electron chi connectivity index (χ3n) is 2.64. The zero-order valence-corrected chi connectivity index (χ0v) is 11.1. The van der Waals surface area contributed by atoms with Crippen LogP contribution in [0, 0.1) is 0 Å². The normalized spacial score (nSPS) is 10.5. The molecule has 0 radical (unpaired) electrons. The van der Waals surface area contributed by atoms with Crippen molar-refractivity contribution >= 4 is 17.3 Å². The van der Waals surface area contributed by atoms with Crippen LogP contribution in [0.2, 0.25) is 0 Å². The summed E-state index contributed by atoms with van der Waals surface area (Å²) in [6.07, 6.45) is 3.48. The second kappa shape index (κ2) is 6.04. The smallest absolute Gasteiger partial charge is 0.243 e. The van der Waals surface area contributed by atoms with Crippen molar-refractivity contribution in [2.45, 2.75) is 19.9 Å². The molecule has 5 nitrogen and oxygen atoms in total. The van der Waals surface area contributed by atoms with Gasteiger partial charge in [-0.15, -0.1) is 0 Å². The molecule has 1 heterocycles. The largest absolute Gasteiger partial charge is 0.376 e. The van der Waals surface area contributed by atoms with Gasteiger partial charge in [0, 0.05) is 17.9 Å². The Kier molecular flexibility index (Phi) is 4.18. The SMILES string of the molecule is CC(C)n1cc(NC(=O)CNc2ccccc2)cn1. The second-order valence-corrected chi connectivity index (χ2v) is 4.57. The molecule has 5 heteroatoms. The number of nitrogens with zero attached hydrogens (tertiary/aromatic N) is 2. The number of nitrogens with one attached hydrogen (secondary N) is 2. The molecule has 2 N–H and O–H groups in total. The van der Waals surface area contributed by atoms with Gasteiger partial charge in [0.2, 0.25) is 5.91 Å². The van der Waals surface area contributed by atoms with Crippen molar-refractivity contribution in [2.75, 3.05) is 17.2 Å². The molecule has 1 amide bonds. The lowest BCUT2D eigenvalue weighted by Crippen LogP contribution is -2.21. The molecule has 1 aromatic heterocycles. The number of para-hydroxylation sites is 1. The Balaban J connectivity index is 1.84. The summed E-state index contributed by atoms with van der Waals surface area (Å²) in [6.45, 7) is 4.31. The number of carbonyl (C=O) groups excluding carboxylic acids is 1. The molecule has 0 spiro atoms. The maximum atomic E-state index is 11.8. The highest BCUT2D eigenvalue weighted by molar-refractivity contribution is 5.93. The zero-order valence-electron chi connectivity index (χ0n) is 11.1. The summed E-state index contributed by atoms with van der Waals surface area (Å²) in [5.41, 5.74) is 1.64. The minimum atomic E-state index is -0.0906. The van der Waals surface area contributed by atoms with Gasteiger partial charge in [-0.25, -0.2) is 0 Å². The predicted octanol–water partition coefficient (Wildman–Crippen LogP) is 2.51. The first kappa shape index (κ1) is 13.1. The molecule has 2 rings (SSSR count). The molecule has 2 aromatic rings. The highest BCUT2D eigenvalue weighted by Crippen LogP contribution is 2.10. The molecule has 0 aliphatic rings. The van der Waals surface area contributed by atoms with Crippen molar-refractivity contribution in [1.82, 2.24) is 9.78 Å². The Morgan fingerprint density at radius 3 is 2.63 bits per heavy atom. The molecule has 0 fully saturated rings. The molecule has 0 saturated heterocycles. The van der Waals surface area contributed by atoms with Crippen LogP contribution in [0.15, 0.2) is 42.7 Å². The maximum absolute atomic E-state index is 11.8. The lowest BCUT2D eigenvalue weighted by Gasteiger charge is -2.06. The Morgan fingerprint density at radius 2 is 2.00 bits per heavy atom. The summed E-state index contributed by atoms with van der Waals surface area (Å²) < 4.78 is 1.81. The first-order valence-electron chi connectivity index (χ1n) is 6.28. The number of hydrogen-bond donors (Lipinski definition) is 2. The summed E-state index contributed by atoms with van der Waals surface area (Å²) in [5, 5.41) is 10.0. The van der Waals surface area contributed by atoms with Crippen molar-refractivity contribution in [1.29, 1.82) is 0 Å². The van der Waals surface area contributed by atoms with Gasteiger partial charge in [0.15, 0.2) is 0 Å². The van der Waals surface area contributed by atoms with Crippen LogP contribution < -0.4 is 10.6 Å². The average Bonchev–Trinajstić information content (AvgIpc) is 2.86. The van der Waals surface area contributed by atoms with Crippen LogP contribution in [0.1, 0.15) is 19.9 Å². The van der Waals surface area contributed by atoms with Gasteiger partial charge in [-0.05, 0) is 26.0 Å². The van der Waals surface area contributed by atoms with Crippen LogP contribution in [0.3, 0.4) is 0 Å². The van der Waals surface area contributed by atoms with E-state index in [1.807, 2.05) is 50.4 Å². The number of amides is 1. The highest BCUT2D eigenvalue weighted by atomic mass is 16.1. The van der Waals surface area contributed by atoms with Crippen LogP contribution in [-0.2, 0) is 4.79 Å². The highest BCUT2D eigenvalue weighted by Gasteiger charge is 2.05. The van der Waals surface area contributed by atoms with E-state index in [2.05, 4.69) is 15.7 Å². The predicted molar refractivity (Wildman–Crippen MR) is 76.2 cm³/mol. The Bertz CT molecular complexity index is 533. The minimum Gasteiger partial charge on any atom is -0.376 e. The second-order valence-electron chi connectivity index (χ2n) is 4.57. The summed E-state index contributed by atoms with van der Waals surface area (Å²) in [4.78, 5) is 11.8. The molecule has 0 bridgehead atoms. The van der Waals surface area contributed by atoms with E-state index < -0.39 is 0 Å². The number of benzene rings is 1. The Morgan fingerprint density at radius 1 is 1.26 bits per heavy atom. The van der Waals surface area contributed by atoms with Gasteiger partial charge in [0.05, 0.1) is 18.4 Å². The van der Waals surface area contributed by atoms with Crippen LogP contribution in [0.25, 0.3) is 0 Å². The van der Waals surface area contributed by atoms with E-state index in [1.54, 1.807) is 10.9 Å². The van der Waals surface area contributed by atoms with E-state index in [4.69, 9.17) is 0 Å². The number of anilines is 2. The first-order chi connectivity index (χ1) is 9.15. The van der Waals surface area contributed by atoms with E-state index in [-0.39, 0.29) is 18.5 Å². The molecule has 1 aromatic carbocycles. The third kappa shape index (κ3) is 3.84. The topological polar surface area (TPSA) is 59.0 Å². The Hall–Kier alpha value is -2.30. The maximum Gasteiger partial charge on any atom is 0.243 e. The molecule has 0 aliphatic heterocycles. The molecule has 0 atom stereocenters. The Labute approximate surface area is 112 Å². The molecule has 19 heavy (non-hydrogen) atoms. The molecule has 100 valence electrons. The van der Waals surface area contributed by atoms with Crippen LogP contribution in [-0.4, -0.2) is 22.2 Å². The molecule has 0 aliphatic carbocycles. The van der Waals surface area contributed by atoms with E-state index in [0.29, 0.717) is 5.69 Å². The zero-order chi connectivity index (χ0) is 13.7. The number of aromatic nitrogens is 2. The van der Waals surface area contributed by atoms with E-state index in [1.165, 1.54) is 0 Å². The van der Waals surface area contributed by atoms with Crippen molar-refractivity contribution in [2.24, 2.45) is 0 Å². The van der Waals surface area contributed by atoms with Crippen molar-refractivity contribution in [3.8, 4) is 0 Å². The van der Waals surface area contributed by atoms with E-state index >= 15 is 0 Å². The number of hydrogen-bond acceptors (Lipinski definition) is 3. The van der Waals surface area contributed by atoms with Gasteiger partial charge in [-0.2, -0.15) is 5.10 Å². The van der Waals surface area contributed by atoms with Crippen molar-refractivity contribution < 1.29 is 4.79 Å². The molecule has 0 unspecified atom stereocenters. The summed E-state index contributed by atoms with van der Waals surface area (Å²) >= 11 is 0. The molecular formula is C14H18N4O. The van der Waals surface area contributed by atoms with Crippen molar-refractivity contribution in [3.05, 3.63) is 42.7 Å². The summed E-state index contributed by atoms with van der Waals surface area (Å²) in [7, 11) is 0. The number of carbonyl (C=O) groups is 1. The van der Waals surface area contributed by atoms with Gasteiger partial charge < -0.3 is 10.6 Å². The minimum absolute atomic E-state index is 0.0906. The van der Waals surface area contributed by atoms with Gasteiger partial charge in [-0.3, -0.25) is 9.48 Å². The average molecular weight is 258 g/mol. The molecule has 0 saturated carbocycles. The van der Waals surface area contributed by atoms with E-state index in [9.17, 15) is 4.79 Å². The van der Waals surface area contributed by atoms with Crippen LogP contribution in [0.5, 0.6) is 0 Å². The van der Waals surface area contributed by atoms with Gasteiger partial charge in [0.25, 0.3) is 0 Å². The fourth-order valence-corrected chi connectivity index (χ4v) is 1.63.